The number of carboxylic acids is 1. The van der Waals surface area contributed by atoms with Crippen LogP contribution in [-0.4, -0.2) is 53.7 Å². The molecule has 132 valence electrons. The van der Waals surface area contributed by atoms with Crippen LogP contribution in [-0.2, 0) is 16.0 Å². The lowest BCUT2D eigenvalue weighted by molar-refractivity contribution is -0.130. The number of hydrogen-bond acceptors (Lipinski definition) is 4. The Morgan fingerprint density at radius 1 is 1.17 bits per heavy atom. The minimum atomic E-state index is -1.02. The van der Waals surface area contributed by atoms with Crippen LogP contribution in [0.5, 0.6) is 0 Å². The molecule has 0 unspecified atom stereocenters. The fourth-order valence-corrected chi connectivity index (χ4v) is 1.98. The largest absolute Gasteiger partial charge is 0.478 e. The number of likely N-dealkylation sites (N-methyl/N-ethyl adjacent to an activating group) is 1. The lowest BCUT2D eigenvalue weighted by atomic mass is 10.0. The summed E-state index contributed by atoms with van der Waals surface area (Å²) in [6.07, 6.45) is -0.444. The predicted molar refractivity (Wildman–Crippen MR) is 89.0 cm³/mol. The zero-order valence-electron chi connectivity index (χ0n) is 14.6. The Morgan fingerprint density at radius 2 is 1.71 bits per heavy atom. The highest BCUT2D eigenvalue weighted by Crippen LogP contribution is 2.11. The van der Waals surface area contributed by atoms with Crippen molar-refractivity contribution in [3.05, 3.63) is 35.4 Å². The highest BCUT2D eigenvalue weighted by molar-refractivity contribution is 5.88. The lowest BCUT2D eigenvalue weighted by Crippen LogP contribution is -2.48. The van der Waals surface area contributed by atoms with Gasteiger partial charge in [0.2, 0.25) is 5.91 Å². The van der Waals surface area contributed by atoms with E-state index in [0.717, 1.165) is 5.56 Å². The first-order valence-electron chi connectivity index (χ1n) is 7.52. The van der Waals surface area contributed by atoms with E-state index < -0.39 is 23.7 Å². The number of nitrogens with one attached hydrogen (secondary N) is 1. The van der Waals surface area contributed by atoms with Crippen LogP contribution in [0.3, 0.4) is 0 Å². The molecule has 24 heavy (non-hydrogen) atoms. The van der Waals surface area contributed by atoms with Crippen molar-refractivity contribution < 1.29 is 24.2 Å². The molecule has 7 heteroatoms. The van der Waals surface area contributed by atoms with E-state index in [4.69, 9.17) is 9.84 Å². The second-order valence-corrected chi connectivity index (χ2v) is 6.64. The number of amides is 2. The second-order valence-electron chi connectivity index (χ2n) is 6.64. The van der Waals surface area contributed by atoms with Crippen molar-refractivity contribution in [3.63, 3.8) is 0 Å². The van der Waals surface area contributed by atoms with E-state index in [-0.39, 0.29) is 17.9 Å². The Kier molecular flexibility index (Phi) is 6.34. The molecule has 2 amide bonds. The normalized spacial score (nSPS) is 12.2. The number of benzene rings is 1. The highest BCUT2D eigenvalue weighted by atomic mass is 16.6. The van der Waals surface area contributed by atoms with Gasteiger partial charge in [-0.05, 0) is 38.5 Å². The SMILES string of the molecule is CN(C)C(=O)[C@@H](Cc1ccc(C(=O)O)cc1)NC(=O)OC(C)(C)C. The molecule has 1 atom stereocenters. The molecular formula is C17H24N2O5. The summed E-state index contributed by atoms with van der Waals surface area (Å²) in [6.45, 7) is 5.21. The molecule has 1 aromatic rings. The molecule has 0 aromatic heterocycles. The third-order valence-electron chi connectivity index (χ3n) is 3.07. The Balaban J connectivity index is 2.88. The van der Waals surface area contributed by atoms with Crippen molar-refractivity contribution in [1.82, 2.24) is 10.2 Å². The summed E-state index contributed by atoms with van der Waals surface area (Å²) in [5, 5.41) is 11.5. The van der Waals surface area contributed by atoms with Gasteiger partial charge in [0.25, 0.3) is 0 Å². The Morgan fingerprint density at radius 3 is 2.12 bits per heavy atom. The maximum Gasteiger partial charge on any atom is 0.408 e. The van der Waals surface area contributed by atoms with Crippen LogP contribution < -0.4 is 5.32 Å². The summed E-state index contributed by atoms with van der Waals surface area (Å²) < 4.78 is 5.19. The molecule has 0 radical (unpaired) electrons. The van der Waals surface area contributed by atoms with Crippen LogP contribution in [0.25, 0.3) is 0 Å². The van der Waals surface area contributed by atoms with E-state index in [1.54, 1.807) is 47.0 Å². The first-order valence-corrected chi connectivity index (χ1v) is 7.52. The van der Waals surface area contributed by atoms with Gasteiger partial charge in [0.15, 0.2) is 0 Å². The zero-order valence-corrected chi connectivity index (χ0v) is 14.6. The van der Waals surface area contributed by atoms with Gasteiger partial charge in [0, 0.05) is 20.5 Å². The molecule has 0 aliphatic heterocycles. The number of nitrogens with zero attached hydrogens (tertiary/aromatic N) is 1. The van der Waals surface area contributed by atoms with Crippen LogP contribution in [0, 0.1) is 0 Å². The third kappa shape index (κ3) is 6.28. The quantitative estimate of drug-likeness (QED) is 0.856. The standard InChI is InChI=1S/C17H24N2O5/c1-17(2,3)24-16(23)18-13(14(20)19(4)5)10-11-6-8-12(9-7-11)15(21)22/h6-9,13H,10H2,1-5H3,(H,18,23)(H,21,22)/t13-/m1/s1. The minimum Gasteiger partial charge on any atom is -0.478 e. The van der Waals surface area contributed by atoms with Gasteiger partial charge in [0.05, 0.1) is 5.56 Å². The molecule has 0 saturated heterocycles. The fraction of sp³-hybridized carbons (Fsp3) is 0.471. The number of carboxylic acid groups (broad SMARTS) is 1. The number of alkyl carbamates (subject to hydrolysis) is 1. The molecular weight excluding hydrogens is 312 g/mol. The van der Waals surface area contributed by atoms with Gasteiger partial charge in [-0.25, -0.2) is 9.59 Å². The van der Waals surface area contributed by atoms with Gasteiger partial charge in [-0.2, -0.15) is 0 Å². The third-order valence-corrected chi connectivity index (χ3v) is 3.07. The smallest absolute Gasteiger partial charge is 0.408 e. The maximum atomic E-state index is 12.3. The van der Waals surface area contributed by atoms with Gasteiger partial charge >= 0.3 is 12.1 Å². The molecule has 0 spiro atoms. The number of ether oxygens (including phenoxy) is 1. The maximum absolute atomic E-state index is 12.3. The molecule has 0 saturated carbocycles. The van der Waals surface area contributed by atoms with Crippen LogP contribution in [0.15, 0.2) is 24.3 Å². The van der Waals surface area contributed by atoms with Crippen molar-refractivity contribution in [3.8, 4) is 0 Å². The van der Waals surface area contributed by atoms with Crippen LogP contribution >= 0.6 is 0 Å². The topological polar surface area (TPSA) is 95.9 Å². The average molecular weight is 336 g/mol. The molecule has 0 aliphatic carbocycles. The van der Waals surface area contributed by atoms with Crippen molar-refractivity contribution in [2.24, 2.45) is 0 Å². The number of carbonyl (C=O) groups excluding carboxylic acids is 2. The van der Waals surface area contributed by atoms with Gasteiger partial charge in [0.1, 0.15) is 11.6 Å². The first kappa shape index (κ1) is 19.5. The Hall–Kier alpha value is -2.57. The van der Waals surface area contributed by atoms with E-state index in [1.807, 2.05) is 0 Å². The van der Waals surface area contributed by atoms with E-state index in [9.17, 15) is 14.4 Å². The summed E-state index contributed by atoms with van der Waals surface area (Å²) in [5.41, 5.74) is 0.226. The van der Waals surface area contributed by atoms with Crippen molar-refractivity contribution in [2.45, 2.75) is 38.8 Å². The van der Waals surface area contributed by atoms with Gasteiger partial charge < -0.3 is 20.1 Å². The van der Waals surface area contributed by atoms with Crippen LogP contribution in [0.1, 0.15) is 36.7 Å². The lowest BCUT2D eigenvalue weighted by Gasteiger charge is -2.25. The highest BCUT2D eigenvalue weighted by Gasteiger charge is 2.25. The summed E-state index contributed by atoms with van der Waals surface area (Å²) in [7, 11) is 3.19. The number of aromatic carboxylic acids is 1. The molecule has 0 heterocycles. The van der Waals surface area contributed by atoms with Crippen molar-refractivity contribution in [2.75, 3.05) is 14.1 Å². The van der Waals surface area contributed by atoms with Gasteiger partial charge in [-0.1, -0.05) is 12.1 Å². The first-order chi connectivity index (χ1) is 11.0. The fourth-order valence-electron chi connectivity index (χ4n) is 1.98. The van der Waals surface area contributed by atoms with Crippen LogP contribution in [0.2, 0.25) is 0 Å². The van der Waals surface area contributed by atoms with E-state index in [2.05, 4.69) is 5.32 Å². The van der Waals surface area contributed by atoms with Crippen molar-refractivity contribution >= 4 is 18.0 Å². The number of rotatable bonds is 5. The van der Waals surface area contributed by atoms with Crippen molar-refractivity contribution in [1.29, 1.82) is 0 Å². The molecule has 7 nitrogen and oxygen atoms in total. The van der Waals surface area contributed by atoms with E-state index >= 15 is 0 Å². The summed E-state index contributed by atoms with van der Waals surface area (Å²) in [6, 6.07) is 5.36. The summed E-state index contributed by atoms with van der Waals surface area (Å²) in [5.74, 6) is -1.29. The van der Waals surface area contributed by atoms with Gasteiger partial charge in [-0.3, -0.25) is 4.79 Å². The molecule has 0 bridgehead atoms. The number of hydrogen-bond donors (Lipinski definition) is 2. The van der Waals surface area contributed by atoms with Crippen LogP contribution in [0.4, 0.5) is 4.79 Å². The molecule has 2 N–H and O–H groups in total. The number of carbonyl (C=O) groups is 3. The minimum absolute atomic E-state index is 0.161. The zero-order chi connectivity index (χ0) is 18.5. The Bertz CT molecular complexity index is 602. The van der Waals surface area contributed by atoms with E-state index in [0.29, 0.717) is 0 Å². The second kappa shape index (κ2) is 7.81. The Labute approximate surface area is 141 Å². The monoisotopic (exact) mass is 336 g/mol. The predicted octanol–water partition coefficient (Wildman–Crippen LogP) is 1.91. The molecule has 1 rings (SSSR count). The van der Waals surface area contributed by atoms with E-state index in [1.165, 1.54) is 17.0 Å². The molecule has 0 fully saturated rings. The summed E-state index contributed by atoms with van der Waals surface area (Å²) >= 11 is 0. The molecule has 1 aromatic carbocycles. The average Bonchev–Trinajstić information content (AvgIpc) is 2.44. The summed E-state index contributed by atoms with van der Waals surface area (Å²) in [4.78, 5) is 36.5. The molecule has 0 aliphatic rings. The van der Waals surface area contributed by atoms with Gasteiger partial charge in [-0.15, -0.1) is 0 Å².